The minimum absolute atomic E-state index is 0. The second-order valence-corrected chi connectivity index (χ2v) is 10.3. The maximum atomic E-state index is 3.06. The first-order valence-corrected chi connectivity index (χ1v) is 18.7. The van der Waals surface area contributed by atoms with Gasteiger partial charge in [0, 0.05) is 0 Å². The van der Waals surface area contributed by atoms with Crippen LogP contribution in [-0.2, 0) is 36.2 Å². The molecule has 0 N–H and O–H groups in total. The van der Waals surface area contributed by atoms with Gasteiger partial charge in [-0.1, -0.05) is 123 Å². The molecule has 0 heterocycles. The van der Waals surface area contributed by atoms with Crippen LogP contribution >= 0.6 is 24.8 Å². The topological polar surface area (TPSA) is 0 Å². The average Bonchev–Trinajstić information content (AvgIpc) is 3.65. The predicted octanol–water partition coefficient (Wildman–Crippen LogP) is 12.5. The van der Waals surface area contributed by atoms with Crippen LogP contribution in [0.4, 0.5) is 0 Å². The molecule has 0 aromatic heterocycles. The fraction of sp³-hybridized carbons (Fsp3) is 0.200. The van der Waals surface area contributed by atoms with Crippen molar-refractivity contribution < 1.29 is 23.3 Å². The fourth-order valence-corrected chi connectivity index (χ4v) is 5.38. The molecule has 0 aliphatic carbocycles. The summed E-state index contributed by atoms with van der Waals surface area (Å²) >= 11 is 1.36. The standard InChI is InChI=1S/2C19H19.2CH3.2ClH.Si.Zr/c2*1-2-3-8-15-13-17-11-7-12-18(19(17)14-15)16-9-5-4-6-10-16;;;;;;/h2*4-7,9-14H,2-3,8H2,1H3;2*1H3;2*1H;;/q4*-1;;;;. The third-order valence-corrected chi connectivity index (χ3v) is 7.43. The number of hydrogen-bond acceptors (Lipinski definition) is 0. The zero-order valence-corrected chi connectivity index (χ0v) is 31.7. The Hall–Kier alpha value is -2.22. The van der Waals surface area contributed by atoms with Crippen molar-refractivity contribution in [2.24, 2.45) is 0 Å². The van der Waals surface area contributed by atoms with Gasteiger partial charge in [0.05, 0.1) is 0 Å². The van der Waals surface area contributed by atoms with E-state index in [0.29, 0.717) is 0 Å². The molecule has 0 fully saturated rings. The van der Waals surface area contributed by atoms with E-state index in [-0.39, 0.29) is 39.7 Å². The number of fused-ring (bicyclic) bond motifs is 2. The molecule has 0 saturated carbocycles. The summed E-state index contributed by atoms with van der Waals surface area (Å²) in [5.74, 6) is 0. The number of unbranched alkanes of at least 4 members (excludes halogenated alkanes) is 2. The van der Waals surface area contributed by atoms with Crippen LogP contribution in [0.2, 0.25) is 0 Å². The number of rotatable bonds is 8. The van der Waals surface area contributed by atoms with Crippen molar-refractivity contribution in [3.63, 3.8) is 0 Å². The summed E-state index contributed by atoms with van der Waals surface area (Å²) in [5, 5.41) is 5.51. The Morgan fingerprint density at radius 1 is 0.523 bits per heavy atom. The van der Waals surface area contributed by atoms with Gasteiger partial charge < -0.3 is 14.9 Å². The summed E-state index contributed by atoms with van der Waals surface area (Å²) in [5.41, 5.74) is 8.25. The van der Waals surface area contributed by atoms with E-state index in [1.54, 1.807) is 0 Å². The Morgan fingerprint density at radius 3 is 1.23 bits per heavy atom. The zero-order chi connectivity index (χ0) is 28.2. The summed E-state index contributed by atoms with van der Waals surface area (Å²) in [7, 11) is 0. The van der Waals surface area contributed by atoms with Crippen LogP contribution in [0.5, 0.6) is 0 Å². The second-order valence-electron chi connectivity index (χ2n) is 10.3. The Balaban J connectivity index is 0.000000733. The molecule has 0 aliphatic heterocycles. The van der Waals surface area contributed by atoms with Gasteiger partial charge in [-0.15, -0.1) is 93.9 Å². The van der Waals surface area contributed by atoms with Crippen molar-refractivity contribution in [1.82, 2.24) is 0 Å². The molecule has 0 aliphatic rings. The Kier molecular flexibility index (Phi) is 21.2. The van der Waals surface area contributed by atoms with Crippen LogP contribution in [-0.4, -0.2) is 6.88 Å². The molecule has 0 bridgehead atoms. The van der Waals surface area contributed by atoms with Crippen LogP contribution in [0.15, 0.2) is 121 Å². The maximum absolute atomic E-state index is 3.06. The summed E-state index contributed by atoms with van der Waals surface area (Å²) in [6.07, 6.45) is 7.45. The quantitative estimate of drug-likeness (QED) is 0.109. The molecule has 0 amide bonds. The molecule has 2 radical (unpaired) electrons. The van der Waals surface area contributed by atoms with E-state index in [4.69, 9.17) is 0 Å². The molecule has 0 saturated heterocycles. The molecule has 6 aromatic rings. The van der Waals surface area contributed by atoms with Crippen LogP contribution in [0.3, 0.4) is 0 Å². The molecular weight excluding hydrogens is 671 g/mol. The van der Waals surface area contributed by atoms with Crippen LogP contribution in [0, 0.1) is 14.9 Å². The van der Waals surface area contributed by atoms with Gasteiger partial charge in [-0.2, -0.15) is 12.1 Å². The van der Waals surface area contributed by atoms with Crippen molar-refractivity contribution in [3.05, 3.63) is 147 Å². The molecule has 0 atom stereocenters. The third-order valence-electron chi connectivity index (χ3n) is 7.43. The summed E-state index contributed by atoms with van der Waals surface area (Å²) in [6, 6.07) is 44.0. The molecular formula is C40H46Cl2SiZr-4. The first-order valence-electron chi connectivity index (χ1n) is 14.5. The first kappa shape index (κ1) is 41.8. The molecule has 0 nitrogen and oxygen atoms in total. The van der Waals surface area contributed by atoms with Gasteiger partial charge in [-0.3, -0.25) is 0 Å². The van der Waals surface area contributed by atoms with Crippen LogP contribution in [0.25, 0.3) is 43.8 Å². The molecule has 6 rings (SSSR count). The van der Waals surface area contributed by atoms with E-state index in [0.717, 1.165) is 0 Å². The van der Waals surface area contributed by atoms with E-state index in [1.807, 2.05) is 0 Å². The SMILES string of the molecule is CCCCc1cc2c(-c3ccccc3)cccc2[cH-]1.CCCCc1cc2c(-c3ccccc3)cccc2[cH-]1.Cl.Cl.[CH3-].[CH3-].[Si]=[Zr]. The Labute approximate surface area is 296 Å². The van der Waals surface area contributed by atoms with Crippen LogP contribution in [0.1, 0.15) is 50.7 Å². The Morgan fingerprint density at radius 2 is 0.886 bits per heavy atom. The van der Waals surface area contributed by atoms with Crippen LogP contribution < -0.4 is 0 Å². The van der Waals surface area contributed by atoms with Gasteiger partial charge in [-0.25, -0.2) is 0 Å². The third kappa shape index (κ3) is 11.0. The summed E-state index contributed by atoms with van der Waals surface area (Å²) in [6.45, 7) is 7.56. The zero-order valence-electron chi connectivity index (χ0n) is 26.6. The van der Waals surface area contributed by atoms with E-state index in [2.05, 4.69) is 142 Å². The van der Waals surface area contributed by atoms with E-state index < -0.39 is 0 Å². The van der Waals surface area contributed by atoms with Crippen molar-refractivity contribution in [3.8, 4) is 22.3 Å². The normalized spacial score (nSPS) is 9.57. The molecule has 6 aromatic carbocycles. The monoisotopic (exact) mass is 714 g/mol. The van der Waals surface area contributed by atoms with Gasteiger partial charge in [0.15, 0.2) is 0 Å². The molecule has 0 unspecified atom stereocenters. The molecule has 232 valence electrons. The number of aryl methyl sites for hydroxylation is 2. The van der Waals surface area contributed by atoms with Crippen molar-refractivity contribution in [2.45, 2.75) is 52.4 Å². The first-order chi connectivity index (χ1) is 19.8. The van der Waals surface area contributed by atoms with Gasteiger partial charge in [0.1, 0.15) is 0 Å². The number of halogens is 2. The Bertz CT molecular complexity index is 1480. The number of benzene rings is 4. The van der Waals surface area contributed by atoms with Gasteiger partial charge in [0.2, 0.25) is 0 Å². The van der Waals surface area contributed by atoms with E-state index in [1.165, 1.54) is 117 Å². The molecule has 0 spiro atoms. The molecule has 4 heteroatoms. The van der Waals surface area contributed by atoms with Gasteiger partial charge in [-0.05, 0) is 24.0 Å². The van der Waals surface area contributed by atoms with Gasteiger partial charge in [0.25, 0.3) is 0 Å². The van der Waals surface area contributed by atoms with E-state index in [9.17, 15) is 0 Å². The second kappa shape index (κ2) is 22.3. The molecule has 44 heavy (non-hydrogen) atoms. The fourth-order valence-electron chi connectivity index (χ4n) is 5.38. The van der Waals surface area contributed by atoms with Gasteiger partial charge >= 0.3 is 30.2 Å². The van der Waals surface area contributed by atoms with Crippen molar-refractivity contribution in [2.75, 3.05) is 0 Å². The number of hydrogen-bond donors (Lipinski definition) is 0. The van der Waals surface area contributed by atoms with Crippen molar-refractivity contribution >= 4 is 53.2 Å². The predicted molar refractivity (Wildman–Crippen MR) is 200 cm³/mol. The van der Waals surface area contributed by atoms with Crippen molar-refractivity contribution in [1.29, 1.82) is 0 Å². The average molecular weight is 717 g/mol. The van der Waals surface area contributed by atoms with E-state index >= 15 is 0 Å². The summed E-state index contributed by atoms with van der Waals surface area (Å²) in [4.78, 5) is 0. The minimum atomic E-state index is 0. The summed E-state index contributed by atoms with van der Waals surface area (Å²) < 4.78 is 0.